The van der Waals surface area contributed by atoms with Gasteiger partial charge in [-0.25, -0.2) is 0 Å². The van der Waals surface area contributed by atoms with Gasteiger partial charge in [-0.15, -0.1) is 0 Å². The molecule has 0 aliphatic rings. The van der Waals surface area contributed by atoms with Gasteiger partial charge in [-0.1, -0.05) is 0 Å². The van der Waals surface area contributed by atoms with Crippen LogP contribution in [0.15, 0.2) is 0 Å². The van der Waals surface area contributed by atoms with E-state index in [1.165, 1.54) is 0 Å². The summed E-state index contributed by atoms with van der Waals surface area (Å²) in [7, 11) is 0. The van der Waals surface area contributed by atoms with Gasteiger partial charge in [0.2, 0.25) is 0 Å². The van der Waals surface area contributed by atoms with E-state index < -0.39 is 0 Å². The van der Waals surface area contributed by atoms with Crippen LogP contribution in [-0.2, 0) is 0 Å². The number of nitrogens with one attached hydrogen (secondary N) is 1. The Balaban J connectivity index is 2.94. The molecule has 0 fully saturated rings. The molecule has 1 heterocycles. The Morgan fingerprint density at radius 2 is 2.07 bits per heavy atom. The number of H-pyrrole nitrogens is 1. The first-order valence-electron chi connectivity index (χ1n) is 4.71. The number of aromatic amines is 1. The van der Waals surface area contributed by atoms with E-state index in [-0.39, 0.29) is 5.91 Å². The molecule has 0 spiro atoms. The summed E-state index contributed by atoms with van der Waals surface area (Å²) in [6, 6.07) is 0. The third-order valence-electron chi connectivity index (χ3n) is 2.25. The molecule has 0 radical (unpaired) electrons. The van der Waals surface area contributed by atoms with Crippen molar-refractivity contribution in [3.63, 3.8) is 0 Å². The zero-order valence-corrected chi connectivity index (χ0v) is 8.79. The van der Waals surface area contributed by atoms with Gasteiger partial charge in [0.1, 0.15) is 0 Å². The van der Waals surface area contributed by atoms with Crippen molar-refractivity contribution < 1.29 is 4.79 Å². The summed E-state index contributed by atoms with van der Waals surface area (Å²) in [5, 5.41) is 6.59. The third-order valence-corrected chi connectivity index (χ3v) is 2.25. The van der Waals surface area contributed by atoms with Crippen molar-refractivity contribution in [1.29, 1.82) is 0 Å². The monoisotopic (exact) mass is 196 g/mol. The molecule has 0 saturated heterocycles. The Morgan fingerprint density at radius 1 is 1.50 bits per heavy atom. The second kappa shape index (κ2) is 4.13. The lowest BCUT2D eigenvalue weighted by Gasteiger charge is -2.17. The molecule has 1 amide bonds. The number of carbonyl (C=O) groups excluding carboxylic acids is 1. The first kappa shape index (κ1) is 10.6. The Labute approximate surface area is 83.3 Å². The summed E-state index contributed by atoms with van der Waals surface area (Å²) in [5.41, 5.74) is 7.22. The Hall–Kier alpha value is -1.52. The van der Waals surface area contributed by atoms with Crippen LogP contribution in [-0.4, -0.2) is 34.1 Å². The number of carbonyl (C=O) groups is 1. The molecule has 0 saturated carbocycles. The van der Waals surface area contributed by atoms with Crippen LogP contribution in [0.25, 0.3) is 0 Å². The number of nitrogens with zero attached hydrogens (tertiary/aromatic N) is 2. The second-order valence-electron chi connectivity index (χ2n) is 3.09. The Kier molecular flexibility index (Phi) is 3.11. The number of aryl methyl sites for hydroxylation is 1. The molecule has 0 aliphatic heterocycles. The van der Waals surface area contributed by atoms with Crippen molar-refractivity contribution in [2.45, 2.75) is 20.8 Å². The maximum absolute atomic E-state index is 11.8. The van der Waals surface area contributed by atoms with E-state index in [4.69, 9.17) is 5.73 Å². The van der Waals surface area contributed by atoms with Crippen LogP contribution in [0.5, 0.6) is 0 Å². The average Bonchev–Trinajstić information content (AvgIpc) is 2.49. The van der Waals surface area contributed by atoms with Gasteiger partial charge in [-0.2, -0.15) is 5.10 Å². The molecular formula is C9H16N4O. The zero-order chi connectivity index (χ0) is 10.7. The fourth-order valence-corrected chi connectivity index (χ4v) is 1.26. The van der Waals surface area contributed by atoms with Gasteiger partial charge in [0.25, 0.3) is 5.91 Å². The van der Waals surface area contributed by atoms with Crippen LogP contribution in [0.1, 0.15) is 30.0 Å². The van der Waals surface area contributed by atoms with Crippen molar-refractivity contribution in [3.05, 3.63) is 11.4 Å². The minimum absolute atomic E-state index is 0.114. The summed E-state index contributed by atoms with van der Waals surface area (Å²) in [6.07, 6.45) is 0. The van der Waals surface area contributed by atoms with Gasteiger partial charge < -0.3 is 10.6 Å². The quantitative estimate of drug-likeness (QED) is 0.750. The first-order valence-corrected chi connectivity index (χ1v) is 4.71. The summed E-state index contributed by atoms with van der Waals surface area (Å²) in [6.45, 7) is 6.98. The second-order valence-corrected chi connectivity index (χ2v) is 3.09. The van der Waals surface area contributed by atoms with Gasteiger partial charge in [0, 0.05) is 13.1 Å². The van der Waals surface area contributed by atoms with Crippen LogP contribution in [0.4, 0.5) is 5.69 Å². The van der Waals surface area contributed by atoms with Gasteiger partial charge in [-0.3, -0.25) is 9.89 Å². The number of rotatable bonds is 3. The first-order chi connectivity index (χ1) is 6.61. The number of hydrogen-bond donors (Lipinski definition) is 2. The summed E-state index contributed by atoms with van der Waals surface area (Å²) in [5.74, 6) is -0.114. The van der Waals surface area contributed by atoms with Crippen molar-refractivity contribution in [3.8, 4) is 0 Å². The van der Waals surface area contributed by atoms with Crippen molar-refractivity contribution in [2.75, 3.05) is 18.8 Å². The highest BCUT2D eigenvalue weighted by atomic mass is 16.2. The van der Waals surface area contributed by atoms with Crippen LogP contribution < -0.4 is 5.73 Å². The molecule has 14 heavy (non-hydrogen) atoms. The van der Waals surface area contributed by atoms with Crippen molar-refractivity contribution >= 4 is 11.6 Å². The van der Waals surface area contributed by atoms with E-state index in [0.29, 0.717) is 24.5 Å². The highest BCUT2D eigenvalue weighted by molar-refractivity contribution is 5.97. The Morgan fingerprint density at radius 3 is 2.43 bits per heavy atom. The van der Waals surface area contributed by atoms with Gasteiger partial charge in [0.15, 0.2) is 5.69 Å². The normalized spacial score (nSPS) is 10.2. The van der Waals surface area contributed by atoms with Crippen LogP contribution in [0.2, 0.25) is 0 Å². The maximum atomic E-state index is 11.8. The van der Waals surface area contributed by atoms with E-state index in [1.54, 1.807) is 11.8 Å². The largest absolute Gasteiger partial charge is 0.395 e. The SMILES string of the molecule is CCN(CC)C(=O)c1n[nH]c(C)c1N. The van der Waals surface area contributed by atoms with E-state index >= 15 is 0 Å². The minimum atomic E-state index is -0.114. The van der Waals surface area contributed by atoms with Crippen LogP contribution >= 0.6 is 0 Å². The van der Waals surface area contributed by atoms with Crippen LogP contribution in [0.3, 0.4) is 0 Å². The molecule has 1 rings (SSSR count). The number of aromatic nitrogens is 2. The number of anilines is 1. The zero-order valence-electron chi connectivity index (χ0n) is 8.79. The maximum Gasteiger partial charge on any atom is 0.276 e. The minimum Gasteiger partial charge on any atom is -0.395 e. The molecule has 0 atom stereocenters. The van der Waals surface area contributed by atoms with E-state index in [9.17, 15) is 4.79 Å². The summed E-state index contributed by atoms with van der Waals surface area (Å²) >= 11 is 0. The fourth-order valence-electron chi connectivity index (χ4n) is 1.26. The molecule has 0 aromatic carbocycles. The molecule has 1 aromatic rings. The number of nitrogen functional groups attached to an aromatic ring is 1. The van der Waals surface area contributed by atoms with E-state index in [0.717, 1.165) is 5.69 Å². The number of amides is 1. The highest BCUT2D eigenvalue weighted by Gasteiger charge is 2.19. The van der Waals surface area contributed by atoms with Crippen molar-refractivity contribution in [1.82, 2.24) is 15.1 Å². The number of hydrogen-bond acceptors (Lipinski definition) is 3. The van der Waals surface area contributed by atoms with E-state index in [2.05, 4.69) is 10.2 Å². The fraction of sp³-hybridized carbons (Fsp3) is 0.556. The van der Waals surface area contributed by atoms with E-state index in [1.807, 2.05) is 13.8 Å². The predicted molar refractivity (Wildman–Crippen MR) is 55.0 cm³/mol. The molecule has 5 nitrogen and oxygen atoms in total. The summed E-state index contributed by atoms with van der Waals surface area (Å²) < 4.78 is 0. The third kappa shape index (κ3) is 1.71. The molecular weight excluding hydrogens is 180 g/mol. The van der Waals surface area contributed by atoms with Crippen molar-refractivity contribution in [2.24, 2.45) is 0 Å². The lowest BCUT2D eigenvalue weighted by molar-refractivity contribution is 0.0768. The lowest BCUT2D eigenvalue weighted by atomic mass is 10.3. The predicted octanol–water partition coefficient (Wildman–Crippen LogP) is 0.782. The molecule has 0 unspecified atom stereocenters. The molecule has 3 N–H and O–H groups in total. The molecule has 5 heteroatoms. The van der Waals surface area contributed by atoms with Crippen LogP contribution in [0, 0.1) is 6.92 Å². The average molecular weight is 196 g/mol. The van der Waals surface area contributed by atoms with Gasteiger partial charge in [0.05, 0.1) is 11.4 Å². The smallest absolute Gasteiger partial charge is 0.276 e. The standard InChI is InChI=1S/C9H16N4O/c1-4-13(5-2)9(14)8-7(10)6(3)11-12-8/h4-5,10H2,1-3H3,(H,11,12). The topological polar surface area (TPSA) is 75.0 Å². The molecule has 0 bridgehead atoms. The molecule has 78 valence electrons. The lowest BCUT2D eigenvalue weighted by Crippen LogP contribution is -2.31. The summed E-state index contributed by atoms with van der Waals surface area (Å²) in [4.78, 5) is 13.5. The molecule has 0 aliphatic carbocycles. The molecule has 1 aromatic heterocycles. The van der Waals surface area contributed by atoms with Gasteiger partial charge in [-0.05, 0) is 20.8 Å². The highest BCUT2D eigenvalue weighted by Crippen LogP contribution is 2.14. The Bertz CT molecular complexity index is 328. The van der Waals surface area contributed by atoms with Gasteiger partial charge >= 0.3 is 0 Å². The number of nitrogens with two attached hydrogens (primary N) is 1.